The maximum atomic E-state index is 13.6. The number of benzene rings is 1. The molecule has 1 fully saturated rings. The van der Waals surface area contributed by atoms with Crippen LogP contribution >= 0.6 is 0 Å². The van der Waals surface area contributed by atoms with Crippen LogP contribution in [0.15, 0.2) is 12.1 Å². The Labute approximate surface area is 98.2 Å². The molecule has 0 heterocycles. The molecule has 92 valence electrons. The van der Waals surface area contributed by atoms with Crippen LogP contribution < -0.4 is 10.5 Å². The number of rotatable bonds is 4. The standard InChI is InChI=1S/C12H14FNO3/c1-17-10-8(11(15)16)4-7(5-9(10)13)6-12(14)2-3-12/h4-5H,2-3,6,14H2,1H3,(H,15,16). The number of carboxylic acid groups (broad SMARTS) is 1. The minimum absolute atomic E-state index is 0.160. The maximum Gasteiger partial charge on any atom is 0.339 e. The van der Waals surface area contributed by atoms with Crippen LogP contribution in [-0.4, -0.2) is 23.7 Å². The van der Waals surface area contributed by atoms with Gasteiger partial charge in [0.2, 0.25) is 0 Å². The van der Waals surface area contributed by atoms with Crippen molar-refractivity contribution in [3.63, 3.8) is 0 Å². The SMILES string of the molecule is COc1c(F)cc(CC2(N)CC2)cc1C(=O)O. The highest BCUT2D eigenvalue weighted by Gasteiger charge is 2.38. The van der Waals surface area contributed by atoms with Gasteiger partial charge in [-0.15, -0.1) is 0 Å². The number of ether oxygens (including phenoxy) is 1. The molecule has 0 spiro atoms. The van der Waals surface area contributed by atoms with Gasteiger partial charge >= 0.3 is 5.97 Å². The van der Waals surface area contributed by atoms with Crippen LogP contribution in [0.1, 0.15) is 28.8 Å². The van der Waals surface area contributed by atoms with Crippen LogP contribution in [0.5, 0.6) is 5.75 Å². The van der Waals surface area contributed by atoms with Crippen molar-refractivity contribution in [2.75, 3.05) is 7.11 Å². The molecule has 0 aromatic heterocycles. The lowest BCUT2D eigenvalue weighted by molar-refractivity contribution is 0.0692. The van der Waals surface area contributed by atoms with E-state index in [1.807, 2.05) is 0 Å². The predicted octanol–water partition coefficient (Wildman–Crippen LogP) is 1.57. The summed E-state index contributed by atoms with van der Waals surface area (Å²) in [5, 5.41) is 8.98. The second-order valence-electron chi connectivity index (χ2n) is 4.50. The van der Waals surface area contributed by atoms with E-state index in [1.54, 1.807) is 0 Å². The average Bonchev–Trinajstić information content (AvgIpc) is 2.95. The lowest BCUT2D eigenvalue weighted by Crippen LogP contribution is -2.24. The van der Waals surface area contributed by atoms with Crippen molar-refractivity contribution in [3.05, 3.63) is 29.1 Å². The average molecular weight is 239 g/mol. The molecule has 0 saturated heterocycles. The van der Waals surface area contributed by atoms with Gasteiger partial charge in [0.25, 0.3) is 0 Å². The Morgan fingerprint density at radius 1 is 1.59 bits per heavy atom. The summed E-state index contributed by atoms with van der Waals surface area (Å²) in [6, 6.07) is 2.72. The molecule has 2 rings (SSSR count). The zero-order chi connectivity index (χ0) is 12.6. The minimum atomic E-state index is -1.20. The molecule has 0 bridgehead atoms. The summed E-state index contributed by atoms with van der Waals surface area (Å²) >= 11 is 0. The van der Waals surface area contributed by atoms with Gasteiger partial charge in [-0.25, -0.2) is 9.18 Å². The van der Waals surface area contributed by atoms with Gasteiger partial charge in [-0.3, -0.25) is 0 Å². The minimum Gasteiger partial charge on any atom is -0.493 e. The number of carbonyl (C=O) groups is 1. The van der Waals surface area contributed by atoms with E-state index in [0.29, 0.717) is 12.0 Å². The lowest BCUT2D eigenvalue weighted by atomic mass is 10.0. The van der Waals surface area contributed by atoms with E-state index in [2.05, 4.69) is 0 Å². The molecule has 1 saturated carbocycles. The molecule has 17 heavy (non-hydrogen) atoms. The number of methoxy groups -OCH3 is 1. The number of carboxylic acids is 1. The molecular formula is C12H14FNO3. The first-order valence-electron chi connectivity index (χ1n) is 5.34. The Kier molecular flexibility index (Phi) is 2.79. The topological polar surface area (TPSA) is 72.5 Å². The van der Waals surface area contributed by atoms with E-state index in [9.17, 15) is 9.18 Å². The summed E-state index contributed by atoms with van der Waals surface area (Å²) in [4.78, 5) is 11.0. The van der Waals surface area contributed by atoms with Gasteiger partial charge in [0, 0.05) is 5.54 Å². The fraction of sp³-hybridized carbons (Fsp3) is 0.417. The normalized spacial score (nSPS) is 16.6. The van der Waals surface area contributed by atoms with E-state index in [4.69, 9.17) is 15.6 Å². The molecule has 0 unspecified atom stereocenters. The second-order valence-corrected chi connectivity index (χ2v) is 4.50. The quantitative estimate of drug-likeness (QED) is 0.836. The number of aromatic carboxylic acids is 1. The monoisotopic (exact) mass is 239 g/mol. The molecule has 5 heteroatoms. The van der Waals surface area contributed by atoms with Gasteiger partial charge in [0.15, 0.2) is 11.6 Å². The summed E-state index contributed by atoms with van der Waals surface area (Å²) in [7, 11) is 1.25. The van der Waals surface area contributed by atoms with E-state index in [0.717, 1.165) is 12.8 Å². The smallest absolute Gasteiger partial charge is 0.339 e. The van der Waals surface area contributed by atoms with Gasteiger partial charge in [-0.1, -0.05) is 0 Å². The van der Waals surface area contributed by atoms with Crippen molar-refractivity contribution in [1.29, 1.82) is 0 Å². The van der Waals surface area contributed by atoms with Crippen molar-refractivity contribution in [3.8, 4) is 5.75 Å². The Bertz CT molecular complexity index is 469. The molecular weight excluding hydrogens is 225 g/mol. The number of nitrogens with two attached hydrogens (primary N) is 1. The Hall–Kier alpha value is -1.62. The van der Waals surface area contributed by atoms with Crippen LogP contribution in [-0.2, 0) is 6.42 Å². The molecule has 4 nitrogen and oxygen atoms in total. The Morgan fingerprint density at radius 3 is 2.71 bits per heavy atom. The first-order valence-corrected chi connectivity index (χ1v) is 5.34. The van der Waals surface area contributed by atoms with E-state index in [-0.39, 0.29) is 16.9 Å². The molecule has 0 amide bonds. The largest absolute Gasteiger partial charge is 0.493 e. The highest BCUT2D eigenvalue weighted by atomic mass is 19.1. The first kappa shape index (κ1) is 11.9. The summed E-state index contributed by atoms with van der Waals surface area (Å²) < 4.78 is 18.4. The third-order valence-electron chi connectivity index (χ3n) is 2.99. The molecule has 3 N–H and O–H groups in total. The molecule has 1 aliphatic carbocycles. The van der Waals surface area contributed by atoms with Crippen LogP contribution in [0.4, 0.5) is 4.39 Å². The van der Waals surface area contributed by atoms with Crippen molar-refractivity contribution in [2.45, 2.75) is 24.8 Å². The van der Waals surface area contributed by atoms with Crippen molar-refractivity contribution >= 4 is 5.97 Å². The van der Waals surface area contributed by atoms with Gasteiger partial charge in [0.1, 0.15) is 5.56 Å². The Morgan fingerprint density at radius 2 is 2.24 bits per heavy atom. The zero-order valence-corrected chi connectivity index (χ0v) is 9.50. The Balaban J connectivity index is 2.38. The third-order valence-corrected chi connectivity index (χ3v) is 2.99. The maximum absolute atomic E-state index is 13.6. The molecule has 1 aromatic rings. The highest BCUT2D eigenvalue weighted by Crippen LogP contribution is 2.36. The summed E-state index contributed by atoms with van der Waals surface area (Å²) in [5.41, 5.74) is 6.08. The van der Waals surface area contributed by atoms with Gasteiger partial charge in [0.05, 0.1) is 7.11 Å². The lowest BCUT2D eigenvalue weighted by Gasteiger charge is -2.12. The van der Waals surface area contributed by atoms with Crippen LogP contribution in [0.3, 0.4) is 0 Å². The third kappa shape index (κ3) is 2.39. The molecule has 0 atom stereocenters. The molecule has 1 aromatic carbocycles. The van der Waals surface area contributed by atoms with Crippen molar-refractivity contribution in [2.24, 2.45) is 5.73 Å². The zero-order valence-electron chi connectivity index (χ0n) is 9.50. The van der Waals surface area contributed by atoms with Crippen LogP contribution in [0.2, 0.25) is 0 Å². The van der Waals surface area contributed by atoms with Crippen LogP contribution in [0.25, 0.3) is 0 Å². The van der Waals surface area contributed by atoms with Crippen molar-refractivity contribution < 1.29 is 19.0 Å². The predicted molar refractivity (Wildman–Crippen MR) is 59.8 cm³/mol. The van der Waals surface area contributed by atoms with Gasteiger partial charge < -0.3 is 15.6 Å². The molecule has 1 aliphatic rings. The second kappa shape index (κ2) is 4.00. The number of halogens is 1. The molecule has 0 radical (unpaired) electrons. The summed E-state index contributed by atoms with van der Waals surface area (Å²) in [5.74, 6) is -2.10. The first-order chi connectivity index (χ1) is 7.95. The van der Waals surface area contributed by atoms with E-state index >= 15 is 0 Å². The fourth-order valence-corrected chi connectivity index (χ4v) is 1.86. The van der Waals surface area contributed by atoms with E-state index in [1.165, 1.54) is 19.2 Å². The fourth-order valence-electron chi connectivity index (χ4n) is 1.86. The summed E-state index contributed by atoms with van der Waals surface area (Å²) in [6.07, 6.45) is 2.28. The number of hydrogen-bond donors (Lipinski definition) is 2. The van der Waals surface area contributed by atoms with Crippen LogP contribution in [0, 0.1) is 5.82 Å². The number of hydrogen-bond acceptors (Lipinski definition) is 3. The van der Waals surface area contributed by atoms with E-state index < -0.39 is 11.8 Å². The van der Waals surface area contributed by atoms with Crippen molar-refractivity contribution in [1.82, 2.24) is 0 Å². The highest BCUT2D eigenvalue weighted by molar-refractivity contribution is 5.91. The molecule has 0 aliphatic heterocycles. The van der Waals surface area contributed by atoms with Gasteiger partial charge in [-0.2, -0.15) is 0 Å². The van der Waals surface area contributed by atoms with Gasteiger partial charge in [-0.05, 0) is 37.0 Å². The summed E-state index contributed by atoms with van der Waals surface area (Å²) in [6.45, 7) is 0.